The summed E-state index contributed by atoms with van der Waals surface area (Å²) in [6.45, 7) is 4.40. The number of hydrogen-bond donors (Lipinski definition) is 0. The van der Waals surface area contributed by atoms with Gasteiger partial charge in [-0.3, -0.25) is 9.69 Å². The van der Waals surface area contributed by atoms with Gasteiger partial charge in [0.25, 0.3) is 5.91 Å². The highest BCUT2D eigenvalue weighted by atomic mass is 35.5. The van der Waals surface area contributed by atoms with Crippen LogP contribution in [0.4, 0.5) is 5.82 Å². The normalized spacial score (nSPS) is 15.0. The van der Waals surface area contributed by atoms with Gasteiger partial charge >= 0.3 is 0 Å². The fraction of sp³-hybridized carbons (Fsp3) is 0.429. The van der Waals surface area contributed by atoms with Gasteiger partial charge in [0.15, 0.2) is 0 Å². The van der Waals surface area contributed by atoms with E-state index in [2.05, 4.69) is 16.0 Å². The second-order valence-electron chi connectivity index (χ2n) is 7.14. The molecule has 1 fully saturated rings. The molecule has 1 amide bonds. The molecular weight excluding hydrogens is 360 g/mol. The number of aromatic nitrogens is 1. The van der Waals surface area contributed by atoms with E-state index in [0.717, 1.165) is 56.4 Å². The predicted octanol–water partition coefficient (Wildman–Crippen LogP) is 3.19. The van der Waals surface area contributed by atoms with Crippen LogP contribution in [0.25, 0.3) is 0 Å². The average molecular weight is 387 g/mol. The molecule has 5 nitrogen and oxygen atoms in total. The third kappa shape index (κ3) is 5.21. The molecule has 0 saturated carbocycles. The standard InChI is InChI=1S/C21H27ClN4O/c1-24(2)20-19(9-4-10-23-20)21(27)26-14-12-25(13-15-26)11-5-7-17-6-3-8-18(22)16-17/h3-4,6,8-10,16H,5,7,11-15H2,1-2H3. The van der Waals surface area contributed by atoms with Crippen LogP contribution in [0.3, 0.4) is 0 Å². The van der Waals surface area contributed by atoms with E-state index in [1.165, 1.54) is 5.56 Å². The predicted molar refractivity (Wildman–Crippen MR) is 111 cm³/mol. The smallest absolute Gasteiger partial charge is 0.257 e. The largest absolute Gasteiger partial charge is 0.362 e. The highest BCUT2D eigenvalue weighted by Gasteiger charge is 2.24. The van der Waals surface area contributed by atoms with Crippen molar-refractivity contribution in [2.24, 2.45) is 0 Å². The van der Waals surface area contributed by atoms with Gasteiger partial charge in [0, 0.05) is 51.5 Å². The van der Waals surface area contributed by atoms with Crippen LogP contribution in [0.2, 0.25) is 5.02 Å². The second kappa shape index (κ2) is 9.20. The number of amides is 1. The molecule has 1 aliphatic rings. The number of aryl methyl sites for hydroxylation is 1. The van der Waals surface area contributed by atoms with Crippen LogP contribution < -0.4 is 4.90 Å². The van der Waals surface area contributed by atoms with E-state index >= 15 is 0 Å². The van der Waals surface area contributed by atoms with Gasteiger partial charge in [0.1, 0.15) is 5.82 Å². The number of rotatable bonds is 6. The lowest BCUT2D eigenvalue weighted by molar-refractivity contribution is 0.0636. The first-order chi connectivity index (χ1) is 13.0. The molecule has 27 heavy (non-hydrogen) atoms. The molecule has 0 radical (unpaired) electrons. The average Bonchev–Trinajstić information content (AvgIpc) is 2.68. The Morgan fingerprint density at radius 3 is 2.63 bits per heavy atom. The monoisotopic (exact) mass is 386 g/mol. The van der Waals surface area contributed by atoms with Crippen LogP contribution in [-0.4, -0.2) is 67.5 Å². The summed E-state index contributed by atoms with van der Waals surface area (Å²) in [5, 5.41) is 0.798. The summed E-state index contributed by atoms with van der Waals surface area (Å²) in [7, 11) is 3.83. The molecule has 0 atom stereocenters. The Morgan fingerprint density at radius 1 is 1.15 bits per heavy atom. The van der Waals surface area contributed by atoms with Gasteiger partial charge < -0.3 is 9.80 Å². The molecular formula is C21H27ClN4O. The summed E-state index contributed by atoms with van der Waals surface area (Å²) < 4.78 is 0. The number of nitrogens with zero attached hydrogens (tertiary/aromatic N) is 4. The topological polar surface area (TPSA) is 39.7 Å². The van der Waals surface area contributed by atoms with Crippen LogP contribution in [0.5, 0.6) is 0 Å². The number of halogens is 1. The van der Waals surface area contributed by atoms with Crippen LogP contribution in [0.1, 0.15) is 22.3 Å². The molecule has 0 spiro atoms. The van der Waals surface area contributed by atoms with E-state index in [1.54, 1.807) is 6.20 Å². The zero-order chi connectivity index (χ0) is 19.2. The molecule has 0 bridgehead atoms. The Balaban J connectivity index is 1.48. The molecule has 0 N–H and O–H groups in total. The van der Waals surface area contributed by atoms with Crippen LogP contribution >= 0.6 is 11.6 Å². The van der Waals surface area contributed by atoms with Gasteiger partial charge in [0.05, 0.1) is 5.56 Å². The van der Waals surface area contributed by atoms with Crippen LogP contribution in [0, 0.1) is 0 Å². The molecule has 2 aromatic rings. The number of piperazine rings is 1. The summed E-state index contributed by atoms with van der Waals surface area (Å²) in [6.07, 6.45) is 3.85. The Bertz CT molecular complexity index is 772. The van der Waals surface area contributed by atoms with Gasteiger partial charge in [-0.1, -0.05) is 23.7 Å². The number of benzene rings is 1. The van der Waals surface area contributed by atoms with Crippen molar-refractivity contribution in [1.82, 2.24) is 14.8 Å². The Hall–Kier alpha value is -2.11. The van der Waals surface area contributed by atoms with Crippen molar-refractivity contribution >= 4 is 23.3 Å². The Morgan fingerprint density at radius 2 is 1.93 bits per heavy atom. The fourth-order valence-corrected chi connectivity index (χ4v) is 3.68. The van der Waals surface area contributed by atoms with Gasteiger partial charge in [-0.05, 0) is 49.2 Å². The first-order valence-corrected chi connectivity index (χ1v) is 9.81. The first kappa shape index (κ1) is 19.6. The van der Waals surface area contributed by atoms with Crippen molar-refractivity contribution in [3.05, 3.63) is 58.7 Å². The number of carbonyl (C=O) groups excluding carboxylic acids is 1. The number of hydrogen-bond acceptors (Lipinski definition) is 4. The van der Waals surface area contributed by atoms with E-state index in [0.29, 0.717) is 5.56 Å². The third-order valence-corrected chi connectivity index (χ3v) is 5.16. The summed E-state index contributed by atoms with van der Waals surface area (Å²) in [5.41, 5.74) is 1.96. The molecule has 2 heterocycles. The lowest BCUT2D eigenvalue weighted by Gasteiger charge is -2.35. The van der Waals surface area contributed by atoms with Crippen molar-refractivity contribution in [1.29, 1.82) is 0 Å². The Kier molecular flexibility index (Phi) is 6.69. The molecule has 1 aromatic carbocycles. The molecule has 3 rings (SSSR count). The van der Waals surface area contributed by atoms with Crippen molar-refractivity contribution in [2.45, 2.75) is 12.8 Å². The number of carbonyl (C=O) groups is 1. The van der Waals surface area contributed by atoms with E-state index in [9.17, 15) is 4.79 Å². The summed E-state index contributed by atoms with van der Waals surface area (Å²) in [5.74, 6) is 0.803. The van der Waals surface area contributed by atoms with Gasteiger partial charge in [-0.2, -0.15) is 0 Å². The first-order valence-electron chi connectivity index (χ1n) is 9.43. The molecule has 1 saturated heterocycles. The molecule has 1 aliphatic heterocycles. The minimum Gasteiger partial charge on any atom is -0.362 e. The van der Waals surface area contributed by atoms with E-state index in [-0.39, 0.29) is 5.91 Å². The zero-order valence-corrected chi connectivity index (χ0v) is 16.8. The maximum atomic E-state index is 12.9. The van der Waals surface area contributed by atoms with Gasteiger partial charge in [-0.15, -0.1) is 0 Å². The van der Waals surface area contributed by atoms with Crippen molar-refractivity contribution in [3.8, 4) is 0 Å². The van der Waals surface area contributed by atoms with Gasteiger partial charge in [0.2, 0.25) is 0 Å². The minimum absolute atomic E-state index is 0.0744. The third-order valence-electron chi connectivity index (χ3n) is 4.93. The maximum absolute atomic E-state index is 12.9. The molecule has 1 aromatic heterocycles. The lowest BCUT2D eigenvalue weighted by atomic mass is 10.1. The summed E-state index contributed by atoms with van der Waals surface area (Å²) in [6, 6.07) is 11.8. The van der Waals surface area contributed by atoms with Crippen LogP contribution in [-0.2, 0) is 6.42 Å². The highest BCUT2D eigenvalue weighted by Crippen LogP contribution is 2.18. The van der Waals surface area contributed by atoms with E-state index < -0.39 is 0 Å². The minimum atomic E-state index is 0.0744. The quantitative estimate of drug-likeness (QED) is 0.764. The van der Waals surface area contributed by atoms with E-state index in [1.807, 2.05) is 54.2 Å². The molecule has 0 aliphatic carbocycles. The second-order valence-corrected chi connectivity index (χ2v) is 7.57. The van der Waals surface area contributed by atoms with Crippen molar-refractivity contribution in [2.75, 3.05) is 51.7 Å². The summed E-state index contributed by atoms with van der Waals surface area (Å²) >= 11 is 6.04. The summed E-state index contributed by atoms with van der Waals surface area (Å²) in [4.78, 5) is 23.5. The zero-order valence-electron chi connectivity index (χ0n) is 16.1. The van der Waals surface area contributed by atoms with Crippen LogP contribution in [0.15, 0.2) is 42.6 Å². The van der Waals surface area contributed by atoms with Crippen molar-refractivity contribution < 1.29 is 4.79 Å². The highest BCUT2D eigenvalue weighted by molar-refractivity contribution is 6.30. The maximum Gasteiger partial charge on any atom is 0.257 e. The number of pyridine rings is 1. The SMILES string of the molecule is CN(C)c1ncccc1C(=O)N1CCN(CCCc2cccc(Cl)c2)CC1. The Labute approximate surface area is 166 Å². The van der Waals surface area contributed by atoms with Gasteiger partial charge in [-0.25, -0.2) is 4.98 Å². The number of anilines is 1. The lowest BCUT2D eigenvalue weighted by Crippen LogP contribution is -2.49. The molecule has 6 heteroatoms. The van der Waals surface area contributed by atoms with E-state index in [4.69, 9.17) is 11.6 Å². The molecule has 0 unspecified atom stereocenters. The van der Waals surface area contributed by atoms with Crippen molar-refractivity contribution in [3.63, 3.8) is 0 Å². The molecule has 144 valence electrons. The fourth-order valence-electron chi connectivity index (χ4n) is 3.46.